The Morgan fingerprint density at radius 1 is 1.92 bits per heavy atom. The molecule has 0 spiro atoms. The molecule has 0 aromatic carbocycles. The summed E-state index contributed by atoms with van der Waals surface area (Å²) in [6.07, 6.45) is 1.49. The summed E-state index contributed by atoms with van der Waals surface area (Å²) in [5.74, 6) is 0. The van der Waals surface area contributed by atoms with Crippen LogP contribution in [0.3, 0.4) is 0 Å². The first-order valence-electron chi connectivity index (χ1n) is 3.04. The molecule has 1 aromatic heterocycles. The lowest BCUT2D eigenvalue weighted by Gasteiger charge is -2.00. The van der Waals surface area contributed by atoms with Gasteiger partial charge in [-0.2, -0.15) is 0 Å². The average Bonchev–Trinajstić information content (AvgIpc) is 2.47. The highest BCUT2D eigenvalue weighted by Gasteiger charge is 2.10. The normalized spacial score (nSPS) is 12.2. The first-order valence-corrected chi connectivity index (χ1v) is 4.23. The lowest BCUT2D eigenvalue weighted by molar-refractivity contribution is 0.269. The zero-order chi connectivity index (χ0) is 8.97. The van der Waals surface area contributed by atoms with Gasteiger partial charge in [-0.25, -0.2) is 4.98 Å². The van der Waals surface area contributed by atoms with E-state index < -0.39 is 6.04 Å². The van der Waals surface area contributed by atoms with Crippen molar-refractivity contribution in [2.24, 2.45) is 5.11 Å². The number of hydrogen-bond donors (Lipinski definition) is 1. The standard InChI is InChI=1S/C5H5ClN4OS/c6-5-8-1-4(12-5)3(2-11)9-10-7/h1,3,11H,2H2. The number of aliphatic hydroxyl groups is 1. The summed E-state index contributed by atoms with van der Waals surface area (Å²) in [7, 11) is 0. The van der Waals surface area contributed by atoms with Crippen molar-refractivity contribution in [3.63, 3.8) is 0 Å². The second-order valence-electron chi connectivity index (χ2n) is 1.92. The maximum absolute atomic E-state index is 8.79. The van der Waals surface area contributed by atoms with Gasteiger partial charge in [-0.3, -0.25) is 0 Å². The zero-order valence-electron chi connectivity index (χ0n) is 5.88. The summed E-state index contributed by atoms with van der Waals surface area (Å²) in [4.78, 5) is 7.02. The summed E-state index contributed by atoms with van der Waals surface area (Å²) in [5.41, 5.74) is 8.13. The molecule has 0 saturated heterocycles. The lowest BCUT2D eigenvalue weighted by atomic mass is 10.3. The van der Waals surface area contributed by atoms with Gasteiger partial charge in [-0.15, -0.1) is 11.3 Å². The Balaban J connectivity index is 2.86. The third-order valence-electron chi connectivity index (χ3n) is 1.19. The van der Waals surface area contributed by atoms with Crippen molar-refractivity contribution in [1.82, 2.24) is 4.98 Å². The van der Waals surface area contributed by atoms with Crippen molar-refractivity contribution in [3.05, 3.63) is 26.0 Å². The van der Waals surface area contributed by atoms with Gasteiger partial charge in [0.2, 0.25) is 0 Å². The van der Waals surface area contributed by atoms with Gasteiger partial charge in [-0.05, 0) is 5.53 Å². The molecule has 0 aliphatic carbocycles. The predicted octanol–water partition coefficient (Wildman–Crippen LogP) is 2.14. The number of hydrogen-bond acceptors (Lipinski definition) is 4. The molecule has 1 heterocycles. The van der Waals surface area contributed by atoms with Crippen LogP contribution in [0.15, 0.2) is 11.3 Å². The Kier molecular flexibility index (Phi) is 3.31. The molecule has 12 heavy (non-hydrogen) atoms. The van der Waals surface area contributed by atoms with Crippen LogP contribution in [-0.2, 0) is 0 Å². The van der Waals surface area contributed by atoms with E-state index in [1.54, 1.807) is 0 Å². The quantitative estimate of drug-likeness (QED) is 0.465. The molecule has 5 nitrogen and oxygen atoms in total. The van der Waals surface area contributed by atoms with Crippen LogP contribution in [0.2, 0.25) is 4.47 Å². The second-order valence-corrected chi connectivity index (χ2v) is 3.56. The van der Waals surface area contributed by atoms with Crippen molar-refractivity contribution < 1.29 is 5.11 Å². The van der Waals surface area contributed by atoms with Crippen LogP contribution < -0.4 is 0 Å². The third kappa shape index (κ3) is 2.09. The molecule has 64 valence electrons. The summed E-state index contributed by atoms with van der Waals surface area (Å²) in [6.45, 7) is -0.234. The maximum atomic E-state index is 8.79. The minimum absolute atomic E-state index is 0.234. The minimum atomic E-state index is -0.569. The third-order valence-corrected chi connectivity index (χ3v) is 2.40. The molecule has 0 aliphatic heterocycles. The highest BCUT2D eigenvalue weighted by atomic mass is 35.5. The molecule has 1 aromatic rings. The van der Waals surface area contributed by atoms with Crippen LogP contribution >= 0.6 is 22.9 Å². The number of aliphatic hydroxyl groups excluding tert-OH is 1. The van der Waals surface area contributed by atoms with E-state index >= 15 is 0 Å². The fourth-order valence-corrected chi connectivity index (χ4v) is 1.64. The van der Waals surface area contributed by atoms with Crippen molar-refractivity contribution in [1.29, 1.82) is 0 Å². The first-order chi connectivity index (χ1) is 5.77. The van der Waals surface area contributed by atoms with Crippen LogP contribution in [0, 0.1) is 0 Å². The average molecular weight is 205 g/mol. The summed E-state index contributed by atoms with van der Waals surface area (Å²) < 4.78 is 0.372. The highest BCUT2D eigenvalue weighted by molar-refractivity contribution is 7.15. The molecule has 1 unspecified atom stereocenters. The molecule has 0 amide bonds. The van der Waals surface area contributed by atoms with Crippen molar-refractivity contribution >= 4 is 22.9 Å². The van der Waals surface area contributed by atoms with Crippen molar-refractivity contribution in [2.45, 2.75) is 6.04 Å². The van der Waals surface area contributed by atoms with Gasteiger partial charge in [0.1, 0.15) is 0 Å². The second kappa shape index (κ2) is 4.27. The molecule has 1 rings (SSSR count). The Bertz CT molecular complexity index is 308. The van der Waals surface area contributed by atoms with Crippen molar-refractivity contribution in [2.75, 3.05) is 6.61 Å². The van der Waals surface area contributed by atoms with Crippen LogP contribution in [0.5, 0.6) is 0 Å². The van der Waals surface area contributed by atoms with Gasteiger partial charge in [-0.1, -0.05) is 16.7 Å². The van der Waals surface area contributed by atoms with E-state index in [2.05, 4.69) is 15.0 Å². The Hall–Kier alpha value is -0.810. The summed E-state index contributed by atoms with van der Waals surface area (Å²) in [6, 6.07) is -0.569. The Labute approximate surface area is 77.3 Å². The van der Waals surface area contributed by atoms with Gasteiger partial charge < -0.3 is 5.11 Å². The van der Waals surface area contributed by atoms with E-state index in [4.69, 9.17) is 22.2 Å². The molecule has 1 N–H and O–H groups in total. The van der Waals surface area contributed by atoms with E-state index in [-0.39, 0.29) is 6.61 Å². The van der Waals surface area contributed by atoms with Gasteiger partial charge >= 0.3 is 0 Å². The van der Waals surface area contributed by atoms with Crippen LogP contribution in [-0.4, -0.2) is 16.7 Å². The molecule has 7 heteroatoms. The number of nitrogens with zero attached hydrogens (tertiary/aromatic N) is 4. The van der Waals surface area contributed by atoms with Crippen LogP contribution in [0.4, 0.5) is 0 Å². The topological polar surface area (TPSA) is 81.9 Å². The molecule has 0 aliphatic rings. The van der Waals surface area contributed by atoms with Gasteiger partial charge in [0, 0.05) is 16.0 Å². The van der Waals surface area contributed by atoms with Gasteiger partial charge in [0.15, 0.2) is 4.47 Å². The number of rotatable bonds is 3. The molecule has 0 saturated carbocycles. The van der Waals surface area contributed by atoms with Crippen molar-refractivity contribution in [3.8, 4) is 0 Å². The zero-order valence-corrected chi connectivity index (χ0v) is 7.46. The van der Waals surface area contributed by atoms with E-state index in [0.29, 0.717) is 9.34 Å². The van der Waals surface area contributed by atoms with Gasteiger partial charge in [0.25, 0.3) is 0 Å². The maximum Gasteiger partial charge on any atom is 0.183 e. The number of halogens is 1. The van der Waals surface area contributed by atoms with E-state index in [9.17, 15) is 0 Å². The Morgan fingerprint density at radius 3 is 3.08 bits per heavy atom. The number of thiazole rings is 1. The van der Waals surface area contributed by atoms with E-state index in [1.165, 1.54) is 17.5 Å². The molecule has 0 bridgehead atoms. The predicted molar refractivity (Wildman–Crippen MR) is 46.1 cm³/mol. The van der Waals surface area contributed by atoms with Crippen LogP contribution in [0.25, 0.3) is 10.4 Å². The molecule has 1 atom stereocenters. The Morgan fingerprint density at radius 2 is 2.67 bits per heavy atom. The minimum Gasteiger partial charge on any atom is -0.396 e. The summed E-state index contributed by atoms with van der Waals surface area (Å²) >= 11 is 6.74. The molecular weight excluding hydrogens is 200 g/mol. The smallest absolute Gasteiger partial charge is 0.183 e. The highest BCUT2D eigenvalue weighted by Crippen LogP contribution is 2.26. The van der Waals surface area contributed by atoms with E-state index in [0.717, 1.165) is 0 Å². The fraction of sp³-hybridized carbons (Fsp3) is 0.400. The van der Waals surface area contributed by atoms with E-state index in [1.807, 2.05) is 0 Å². The molecule has 0 fully saturated rings. The largest absolute Gasteiger partial charge is 0.396 e. The fourth-order valence-electron chi connectivity index (χ4n) is 0.664. The summed E-state index contributed by atoms with van der Waals surface area (Å²) in [5, 5.41) is 12.2. The van der Waals surface area contributed by atoms with Gasteiger partial charge in [0.05, 0.1) is 12.6 Å². The SMILES string of the molecule is [N-]=[N+]=NC(CO)c1cnc(Cl)s1. The first kappa shape index (κ1) is 9.28. The number of aromatic nitrogens is 1. The molecular formula is C5H5ClN4OS. The van der Waals surface area contributed by atoms with Crippen LogP contribution in [0.1, 0.15) is 10.9 Å². The lowest BCUT2D eigenvalue weighted by Crippen LogP contribution is -1.96. The number of azide groups is 1. The monoisotopic (exact) mass is 204 g/mol. The molecule has 0 radical (unpaired) electrons.